The maximum absolute atomic E-state index is 12.3. The van der Waals surface area contributed by atoms with Gasteiger partial charge in [0.05, 0.1) is 20.5 Å². The van der Waals surface area contributed by atoms with E-state index in [1.165, 1.54) is 18.2 Å². The maximum Gasteiger partial charge on any atom is 0.244 e. The van der Waals surface area contributed by atoms with Crippen LogP contribution in [0, 0.1) is 0 Å². The number of sulfonamides is 1. The van der Waals surface area contributed by atoms with Crippen LogP contribution in [0.2, 0.25) is 10.0 Å². The molecule has 1 aliphatic rings. The molecule has 0 saturated heterocycles. The molecule has 0 atom stereocenters. The smallest absolute Gasteiger partial charge is 0.244 e. The summed E-state index contributed by atoms with van der Waals surface area (Å²) in [5.74, 6) is -0.284. The highest BCUT2D eigenvalue weighted by Gasteiger charge is 2.27. The summed E-state index contributed by atoms with van der Waals surface area (Å²) < 4.78 is 27.0. The molecule has 2 aromatic carbocycles. The first kappa shape index (κ1) is 21.8. The number of carbonyl (C=O) groups excluding carboxylic acids is 1. The standard InChI is InChI=1S/C21H22Cl2N2O3S/c1-21(2,15-6-11-18(22)19(23)13-15)24-20(26)12-5-14-3-9-17(10-4-14)29(27,28)25-16-7-8-16/h3-6,9-13,16,25H,7-8H2,1-2H3,(H,24,26)/b12-5+. The molecule has 154 valence electrons. The van der Waals surface area contributed by atoms with Gasteiger partial charge < -0.3 is 5.32 Å². The van der Waals surface area contributed by atoms with Gasteiger partial charge in [0.15, 0.2) is 0 Å². The number of rotatable bonds is 7. The Morgan fingerprint density at radius 1 is 1.07 bits per heavy atom. The van der Waals surface area contributed by atoms with Gasteiger partial charge in [-0.3, -0.25) is 4.79 Å². The van der Waals surface area contributed by atoms with Crippen LogP contribution in [0.1, 0.15) is 37.8 Å². The molecule has 2 N–H and O–H groups in total. The second kappa shape index (κ2) is 8.48. The molecular formula is C21H22Cl2N2O3S. The molecule has 0 aromatic heterocycles. The number of halogens is 2. The topological polar surface area (TPSA) is 75.3 Å². The molecule has 0 spiro atoms. The Bertz CT molecular complexity index is 1040. The van der Waals surface area contributed by atoms with Gasteiger partial charge in [0.25, 0.3) is 0 Å². The molecule has 2 aromatic rings. The van der Waals surface area contributed by atoms with Crippen molar-refractivity contribution < 1.29 is 13.2 Å². The van der Waals surface area contributed by atoms with E-state index in [9.17, 15) is 13.2 Å². The third-order valence-electron chi connectivity index (χ3n) is 4.59. The minimum atomic E-state index is -3.48. The van der Waals surface area contributed by atoms with E-state index in [0.29, 0.717) is 10.0 Å². The van der Waals surface area contributed by atoms with Gasteiger partial charge >= 0.3 is 0 Å². The number of hydrogen-bond donors (Lipinski definition) is 2. The summed E-state index contributed by atoms with van der Waals surface area (Å²) in [6.07, 6.45) is 4.80. The zero-order chi connectivity index (χ0) is 21.2. The molecule has 0 bridgehead atoms. The molecule has 3 rings (SSSR count). The highest BCUT2D eigenvalue weighted by molar-refractivity contribution is 7.89. The normalized spacial score (nSPS) is 14.9. The third kappa shape index (κ3) is 5.82. The van der Waals surface area contributed by atoms with E-state index in [2.05, 4.69) is 10.0 Å². The molecule has 1 aliphatic carbocycles. The fourth-order valence-corrected chi connectivity index (χ4v) is 4.33. The lowest BCUT2D eigenvalue weighted by Crippen LogP contribution is -2.40. The van der Waals surface area contributed by atoms with Crippen molar-refractivity contribution in [2.75, 3.05) is 0 Å². The van der Waals surface area contributed by atoms with Crippen molar-refractivity contribution in [3.8, 4) is 0 Å². The zero-order valence-corrected chi connectivity index (χ0v) is 18.4. The Morgan fingerprint density at radius 2 is 1.72 bits per heavy atom. The van der Waals surface area contributed by atoms with Crippen LogP contribution in [-0.4, -0.2) is 20.4 Å². The van der Waals surface area contributed by atoms with Gasteiger partial charge in [-0.1, -0.05) is 41.4 Å². The van der Waals surface area contributed by atoms with E-state index in [4.69, 9.17) is 23.2 Å². The maximum atomic E-state index is 12.3. The van der Waals surface area contributed by atoms with E-state index in [-0.39, 0.29) is 16.8 Å². The molecule has 5 nitrogen and oxygen atoms in total. The first-order chi connectivity index (χ1) is 13.6. The summed E-state index contributed by atoms with van der Waals surface area (Å²) in [6, 6.07) is 11.7. The molecule has 0 radical (unpaired) electrons. The lowest BCUT2D eigenvalue weighted by atomic mass is 9.94. The third-order valence-corrected chi connectivity index (χ3v) is 6.87. The molecule has 29 heavy (non-hydrogen) atoms. The van der Waals surface area contributed by atoms with Crippen molar-refractivity contribution in [1.82, 2.24) is 10.0 Å². The van der Waals surface area contributed by atoms with Gasteiger partial charge in [-0.05, 0) is 68.2 Å². The summed E-state index contributed by atoms with van der Waals surface area (Å²) in [7, 11) is -3.48. The number of hydrogen-bond acceptors (Lipinski definition) is 3. The molecule has 1 amide bonds. The molecule has 1 saturated carbocycles. The Kier molecular flexibility index (Phi) is 6.39. The van der Waals surface area contributed by atoms with Crippen molar-refractivity contribution >= 4 is 45.2 Å². The summed E-state index contributed by atoms with van der Waals surface area (Å²) in [5.41, 5.74) is 0.895. The molecule has 1 fully saturated rings. The van der Waals surface area contributed by atoms with Crippen LogP contribution in [0.25, 0.3) is 6.08 Å². The zero-order valence-electron chi connectivity index (χ0n) is 16.1. The molecular weight excluding hydrogens is 431 g/mol. The Labute approximate surface area is 181 Å². The van der Waals surface area contributed by atoms with Crippen molar-refractivity contribution in [1.29, 1.82) is 0 Å². The van der Waals surface area contributed by atoms with E-state index in [1.54, 1.807) is 30.3 Å². The van der Waals surface area contributed by atoms with Gasteiger partial charge in [-0.2, -0.15) is 0 Å². The molecule has 0 heterocycles. The largest absolute Gasteiger partial charge is 0.344 e. The Hall–Kier alpha value is -1.86. The van der Waals surface area contributed by atoms with Crippen LogP contribution < -0.4 is 10.0 Å². The van der Waals surface area contributed by atoms with Crippen LogP contribution in [0.4, 0.5) is 0 Å². The van der Waals surface area contributed by atoms with Gasteiger partial charge in [0.1, 0.15) is 0 Å². The van der Waals surface area contributed by atoms with E-state index in [1.807, 2.05) is 19.9 Å². The quantitative estimate of drug-likeness (QED) is 0.607. The van der Waals surface area contributed by atoms with E-state index >= 15 is 0 Å². The second-order valence-electron chi connectivity index (χ2n) is 7.54. The van der Waals surface area contributed by atoms with Crippen molar-refractivity contribution in [2.24, 2.45) is 0 Å². The fourth-order valence-electron chi connectivity index (χ4n) is 2.73. The summed E-state index contributed by atoms with van der Waals surface area (Å²) >= 11 is 12.0. The van der Waals surface area contributed by atoms with Crippen molar-refractivity contribution in [2.45, 2.75) is 43.2 Å². The van der Waals surface area contributed by atoms with E-state index < -0.39 is 15.6 Å². The summed E-state index contributed by atoms with van der Waals surface area (Å²) in [4.78, 5) is 12.6. The summed E-state index contributed by atoms with van der Waals surface area (Å²) in [6.45, 7) is 3.73. The monoisotopic (exact) mass is 452 g/mol. The Balaban J connectivity index is 1.64. The predicted molar refractivity (Wildman–Crippen MR) is 116 cm³/mol. The molecule has 0 unspecified atom stereocenters. The van der Waals surface area contributed by atoms with Crippen LogP contribution in [-0.2, 0) is 20.4 Å². The average molecular weight is 453 g/mol. The predicted octanol–water partition coefficient (Wildman–Crippen LogP) is 4.50. The highest BCUT2D eigenvalue weighted by atomic mass is 35.5. The first-order valence-electron chi connectivity index (χ1n) is 9.15. The van der Waals surface area contributed by atoms with Crippen LogP contribution in [0.15, 0.2) is 53.4 Å². The van der Waals surface area contributed by atoms with Gasteiger partial charge in [-0.25, -0.2) is 13.1 Å². The van der Waals surface area contributed by atoms with Gasteiger partial charge in [0, 0.05) is 12.1 Å². The minimum Gasteiger partial charge on any atom is -0.344 e. The first-order valence-corrected chi connectivity index (χ1v) is 11.4. The number of carbonyl (C=O) groups is 1. The molecule has 8 heteroatoms. The number of amides is 1. The Morgan fingerprint density at radius 3 is 2.31 bits per heavy atom. The summed E-state index contributed by atoms with van der Waals surface area (Å²) in [5, 5.41) is 3.80. The van der Waals surface area contributed by atoms with Gasteiger partial charge in [-0.15, -0.1) is 0 Å². The lowest BCUT2D eigenvalue weighted by Gasteiger charge is -2.26. The molecule has 0 aliphatic heterocycles. The number of nitrogens with one attached hydrogen (secondary N) is 2. The fraction of sp³-hybridized carbons (Fsp3) is 0.286. The highest BCUT2D eigenvalue weighted by Crippen LogP contribution is 2.28. The van der Waals surface area contributed by atoms with Crippen LogP contribution in [0.5, 0.6) is 0 Å². The van der Waals surface area contributed by atoms with Crippen LogP contribution in [0.3, 0.4) is 0 Å². The lowest BCUT2D eigenvalue weighted by molar-refractivity contribution is -0.118. The van der Waals surface area contributed by atoms with Crippen LogP contribution >= 0.6 is 23.2 Å². The second-order valence-corrected chi connectivity index (χ2v) is 10.1. The average Bonchev–Trinajstić information content (AvgIpc) is 3.45. The van der Waals surface area contributed by atoms with Gasteiger partial charge in [0.2, 0.25) is 15.9 Å². The van der Waals surface area contributed by atoms with Crippen molar-refractivity contribution in [3.63, 3.8) is 0 Å². The number of benzene rings is 2. The van der Waals surface area contributed by atoms with E-state index in [0.717, 1.165) is 24.0 Å². The minimum absolute atomic E-state index is 0.0575. The SMILES string of the molecule is CC(C)(NC(=O)/C=C/c1ccc(S(=O)(=O)NC2CC2)cc1)c1ccc(Cl)c(Cl)c1. The van der Waals surface area contributed by atoms with Crippen molar-refractivity contribution in [3.05, 3.63) is 69.7 Å².